The van der Waals surface area contributed by atoms with Gasteiger partial charge in [-0.05, 0) is 55.5 Å². The van der Waals surface area contributed by atoms with Crippen molar-refractivity contribution in [2.45, 2.75) is 38.3 Å². The van der Waals surface area contributed by atoms with E-state index < -0.39 is 0 Å². The van der Waals surface area contributed by atoms with Gasteiger partial charge in [-0.1, -0.05) is 23.5 Å². The Hall–Kier alpha value is -2.71. The van der Waals surface area contributed by atoms with Crippen LogP contribution in [0.3, 0.4) is 0 Å². The summed E-state index contributed by atoms with van der Waals surface area (Å²) in [7, 11) is 0. The molecule has 156 valence electrons. The summed E-state index contributed by atoms with van der Waals surface area (Å²) >= 11 is 1.51. The number of carbonyl (C=O) groups is 1. The quantitative estimate of drug-likeness (QED) is 0.678. The van der Waals surface area contributed by atoms with Crippen molar-refractivity contribution in [3.63, 3.8) is 0 Å². The molecule has 30 heavy (non-hydrogen) atoms. The van der Waals surface area contributed by atoms with Gasteiger partial charge in [0, 0.05) is 37.9 Å². The molecule has 0 radical (unpaired) electrons. The average molecular weight is 424 g/mol. The molecule has 2 bridgehead atoms. The Morgan fingerprint density at radius 2 is 1.97 bits per heavy atom. The number of primary amides is 1. The third-order valence-corrected chi connectivity index (χ3v) is 6.89. The Balaban J connectivity index is 1.17. The maximum atomic E-state index is 11.6. The molecule has 2 amide bonds. The number of pyridine rings is 1. The van der Waals surface area contributed by atoms with Crippen LogP contribution in [0.2, 0.25) is 0 Å². The number of thiazole rings is 1. The molecule has 2 saturated heterocycles. The summed E-state index contributed by atoms with van der Waals surface area (Å²) in [4.78, 5) is 24.8. The molecule has 2 unspecified atom stereocenters. The number of aromatic nitrogens is 2. The molecule has 3 aromatic rings. The van der Waals surface area contributed by atoms with Gasteiger partial charge < -0.3 is 15.4 Å². The summed E-state index contributed by atoms with van der Waals surface area (Å²) in [5.41, 5.74) is 8.66. The lowest BCUT2D eigenvalue weighted by Crippen LogP contribution is -2.57. The predicted octanol–water partition coefficient (Wildman–Crippen LogP) is 3.56. The van der Waals surface area contributed by atoms with Gasteiger partial charge in [0.15, 0.2) is 5.65 Å². The van der Waals surface area contributed by atoms with Gasteiger partial charge in [0.1, 0.15) is 5.75 Å². The van der Waals surface area contributed by atoms with Crippen molar-refractivity contribution in [1.29, 1.82) is 0 Å². The van der Waals surface area contributed by atoms with Crippen molar-refractivity contribution in [1.82, 2.24) is 19.8 Å². The van der Waals surface area contributed by atoms with E-state index in [0.29, 0.717) is 5.19 Å². The molecule has 2 aliphatic rings. The van der Waals surface area contributed by atoms with E-state index in [2.05, 4.69) is 33.1 Å². The van der Waals surface area contributed by atoms with E-state index in [4.69, 9.17) is 10.5 Å². The summed E-state index contributed by atoms with van der Waals surface area (Å²) in [6.45, 7) is 4.86. The Bertz CT molecular complexity index is 1050. The number of nitrogens with two attached hydrogens (primary N) is 1. The Morgan fingerprint density at radius 1 is 1.23 bits per heavy atom. The van der Waals surface area contributed by atoms with Crippen LogP contribution in [0.25, 0.3) is 10.3 Å². The molecule has 5 rings (SSSR count). The van der Waals surface area contributed by atoms with Crippen LogP contribution in [-0.2, 0) is 6.42 Å². The number of hydrogen-bond donors (Lipinski definition) is 1. The molecule has 2 aliphatic heterocycles. The molecule has 2 fully saturated rings. The highest BCUT2D eigenvalue weighted by molar-refractivity contribution is 7.20. The first kappa shape index (κ1) is 19.3. The third-order valence-electron chi connectivity index (χ3n) is 6.02. The lowest BCUT2D eigenvalue weighted by Gasteiger charge is -2.40. The third kappa shape index (κ3) is 3.85. The van der Waals surface area contributed by atoms with Gasteiger partial charge in [0.05, 0.1) is 4.70 Å². The summed E-state index contributed by atoms with van der Waals surface area (Å²) < 4.78 is 6.97. The number of piperazine rings is 1. The van der Waals surface area contributed by atoms with Crippen molar-refractivity contribution < 1.29 is 9.53 Å². The van der Waals surface area contributed by atoms with Gasteiger partial charge in [-0.3, -0.25) is 4.90 Å². The summed E-state index contributed by atoms with van der Waals surface area (Å²) in [6, 6.07) is 10.6. The van der Waals surface area contributed by atoms with Crippen molar-refractivity contribution in [2.24, 2.45) is 5.73 Å². The van der Waals surface area contributed by atoms with E-state index in [0.717, 1.165) is 60.6 Å². The van der Waals surface area contributed by atoms with Crippen molar-refractivity contribution >= 4 is 27.7 Å². The second kappa shape index (κ2) is 7.85. The number of likely N-dealkylation sites (tertiary alicyclic amines) is 1. The van der Waals surface area contributed by atoms with Gasteiger partial charge in [-0.2, -0.15) is 4.98 Å². The van der Waals surface area contributed by atoms with Crippen LogP contribution in [0, 0.1) is 6.92 Å². The van der Waals surface area contributed by atoms with Crippen molar-refractivity contribution in [3.8, 4) is 10.9 Å². The van der Waals surface area contributed by atoms with Gasteiger partial charge in [-0.25, -0.2) is 9.78 Å². The van der Waals surface area contributed by atoms with Crippen LogP contribution < -0.4 is 10.5 Å². The number of carbonyl (C=O) groups excluding carboxylic acids is 1. The number of amides is 2. The number of ether oxygens (including phenoxy) is 1. The fourth-order valence-electron chi connectivity index (χ4n) is 4.59. The molecule has 2 N–H and O–H groups in total. The predicted molar refractivity (Wildman–Crippen MR) is 117 cm³/mol. The first-order chi connectivity index (χ1) is 14.5. The van der Waals surface area contributed by atoms with Crippen LogP contribution >= 0.6 is 11.3 Å². The molecule has 7 nitrogen and oxygen atoms in total. The van der Waals surface area contributed by atoms with E-state index in [1.54, 1.807) is 0 Å². The lowest BCUT2D eigenvalue weighted by atomic mass is 10.1. The van der Waals surface area contributed by atoms with Gasteiger partial charge in [0.2, 0.25) is 0 Å². The molecule has 8 heteroatoms. The minimum Gasteiger partial charge on any atom is -0.431 e. The highest BCUT2D eigenvalue weighted by Gasteiger charge is 2.41. The number of aryl methyl sites for hydroxylation is 1. The normalized spacial score (nSPS) is 21.3. The van der Waals surface area contributed by atoms with Gasteiger partial charge >= 0.3 is 6.03 Å². The summed E-state index contributed by atoms with van der Waals surface area (Å²) in [6.07, 6.45) is 4.93. The second-order valence-electron chi connectivity index (χ2n) is 8.20. The van der Waals surface area contributed by atoms with E-state index in [1.807, 2.05) is 30.2 Å². The zero-order chi connectivity index (χ0) is 20.7. The fraction of sp³-hybridized carbons (Fsp3) is 0.409. The molecule has 0 aliphatic carbocycles. The topological polar surface area (TPSA) is 84.6 Å². The van der Waals surface area contributed by atoms with E-state index in [9.17, 15) is 4.79 Å². The summed E-state index contributed by atoms with van der Waals surface area (Å²) in [5, 5.41) is 0.610. The van der Waals surface area contributed by atoms with E-state index in [-0.39, 0.29) is 18.1 Å². The van der Waals surface area contributed by atoms with Crippen LogP contribution in [0.1, 0.15) is 24.0 Å². The Kier molecular flexibility index (Phi) is 5.04. The highest BCUT2D eigenvalue weighted by atomic mass is 32.1. The fourth-order valence-corrected chi connectivity index (χ4v) is 5.48. The lowest BCUT2D eigenvalue weighted by molar-refractivity contribution is 0.0933. The van der Waals surface area contributed by atoms with E-state index >= 15 is 0 Å². The maximum Gasteiger partial charge on any atom is 0.315 e. The van der Waals surface area contributed by atoms with Crippen molar-refractivity contribution in [2.75, 3.05) is 19.6 Å². The number of rotatable bonds is 5. The first-order valence-corrected chi connectivity index (χ1v) is 11.2. The van der Waals surface area contributed by atoms with Gasteiger partial charge in [-0.15, -0.1) is 0 Å². The molecule has 0 saturated carbocycles. The van der Waals surface area contributed by atoms with Crippen molar-refractivity contribution in [3.05, 3.63) is 47.7 Å². The van der Waals surface area contributed by atoms with Crippen LogP contribution in [0.4, 0.5) is 4.79 Å². The number of nitrogens with zero attached hydrogens (tertiary/aromatic N) is 4. The number of hydrogen-bond acceptors (Lipinski definition) is 6. The first-order valence-electron chi connectivity index (χ1n) is 10.4. The van der Waals surface area contributed by atoms with Crippen LogP contribution in [-0.4, -0.2) is 57.5 Å². The Labute approximate surface area is 179 Å². The molecular formula is C22H25N5O2S. The molecule has 2 atom stereocenters. The average Bonchev–Trinajstić information content (AvgIpc) is 3.24. The van der Waals surface area contributed by atoms with E-state index in [1.165, 1.54) is 16.9 Å². The number of urea groups is 1. The second-order valence-corrected chi connectivity index (χ2v) is 9.19. The minimum absolute atomic E-state index is 0.267. The highest BCUT2D eigenvalue weighted by Crippen LogP contribution is 2.32. The molecular weight excluding hydrogens is 398 g/mol. The molecule has 2 aromatic heterocycles. The number of benzene rings is 1. The SMILES string of the molecule is Cc1cnc2nc(Oc3ccc(CCN4CC5CCC(C4)N5C(N)=O)cc3)sc2c1. The zero-order valence-corrected chi connectivity index (χ0v) is 17.8. The monoisotopic (exact) mass is 423 g/mol. The van der Waals surface area contributed by atoms with Gasteiger partial charge in [0.25, 0.3) is 5.19 Å². The maximum absolute atomic E-state index is 11.6. The standard InChI is InChI=1S/C22H25N5O2S/c1-14-10-19-20(24-11-14)25-22(30-19)29-18-6-2-15(3-7-18)8-9-26-12-16-4-5-17(13-26)27(16)21(23)28/h2-3,6-7,10-11,16-17H,4-5,8-9,12-13H2,1H3,(H2,23,28). The largest absolute Gasteiger partial charge is 0.431 e. The molecule has 0 spiro atoms. The Morgan fingerprint density at radius 3 is 2.67 bits per heavy atom. The number of fused-ring (bicyclic) bond motifs is 3. The van der Waals surface area contributed by atoms with Crippen LogP contribution in [0.5, 0.6) is 10.9 Å². The summed E-state index contributed by atoms with van der Waals surface area (Å²) in [5.74, 6) is 0.780. The molecule has 4 heterocycles. The zero-order valence-electron chi connectivity index (χ0n) is 17.0. The minimum atomic E-state index is -0.267. The van der Waals surface area contributed by atoms with Crippen LogP contribution in [0.15, 0.2) is 36.5 Å². The smallest absolute Gasteiger partial charge is 0.315 e. The molecule has 1 aromatic carbocycles.